The maximum Gasteiger partial charge on any atom is 0.0798 e. The largest absolute Gasteiger partial charge is 0.388 e. The molecule has 0 heterocycles. The summed E-state index contributed by atoms with van der Waals surface area (Å²) in [6.07, 6.45) is 0.429. The summed E-state index contributed by atoms with van der Waals surface area (Å²) in [5, 5.41) is 9.89. The van der Waals surface area contributed by atoms with Gasteiger partial charge in [0, 0.05) is 9.64 Å². The number of benzene rings is 1. The zero-order valence-electron chi connectivity index (χ0n) is 9.95. The zero-order chi connectivity index (χ0) is 11.5. The van der Waals surface area contributed by atoms with Gasteiger partial charge in [0.1, 0.15) is 0 Å². The molecule has 0 aliphatic heterocycles. The van der Waals surface area contributed by atoms with Gasteiger partial charge in [0.15, 0.2) is 0 Å². The lowest BCUT2D eigenvalue weighted by atomic mass is 10.1. The number of aliphatic hydroxyl groups is 1. The summed E-state index contributed by atoms with van der Waals surface area (Å²) in [7, 11) is 0. The first-order valence-corrected chi connectivity index (χ1v) is 6.21. The van der Waals surface area contributed by atoms with Gasteiger partial charge in [-0.1, -0.05) is 45.9 Å². The average molecular weight is 224 g/mol. The third-order valence-electron chi connectivity index (χ3n) is 2.08. The number of rotatable bonds is 3. The number of thioether (sulfide) groups is 1. The van der Waals surface area contributed by atoms with Gasteiger partial charge in [0.05, 0.1) is 6.10 Å². The molecule has 1 nitrogen and oxygen atoms in total. The number of aliphatic hydroxyl groups excluding tert-OH is 1. The van der Waals surface area contributed by atoms with Crippen molar-refractivity contribution >= 4 is 11.8 Å². The molecule has 1 rings (SSSR count). The fraction of sp³-hybridized carbons (Fsp3) is 0.538. The summed E-state index contributed by atoms with van der Waals surface area (Å²) < 4.78 is 0.184. The lowest BCUT2D eigenvalue weighted by Gasteiger charge is -2.21. The van der Waals surface area contributed by atoms with Crippen LogP contribution in [0.5, 0.6) is 0 Å². The van der Waals surface area contributed by atoms with Gasteiger partial charge in [-0.2, -0.15) is 0 Å². The highest BCUT2D eigenvalue weighted by atomic mass is 32.2. The Bertz CT molecular complexity index is 315. The molecule has 0 bridgehead atoms. The molecule has 0 aliphatic carbocycles. The van der Waals surface area contributed by atoms with Crippen molar-refractivity contribution in [3.05, 3.63) is 29.8 Å². The Balaban J connectivity index is 2.96. The van der Waals surface area contributed by atoms with E-state index in [0.717, 1.165) is 12.0 Å². The molecule has 0 fully saturated rings. The van der Waals surface area contributed by atoms with Crippen LogP contribution in [0, 0.1) is 0 Å². The van der Waals surface area contributed by atoms with Crippen LogP contribution >= 0.6 is 11.8 Å². The van der Waals surface area contributed by atoms with E-state index in [1.54, 1.807) is 0 Å². The van der Waals surface area contributed by atoms with Crippen LogP contribution in [0.2, 0.25) is 0 Å². The Hall–Kier alpha value is -0.470. The first kappa shape index (κ1) is 12.6. The second-order valence-corrected chi connectivity index (χ2v) is 6.55. The molecule has 15 heavy (non-hydrogen) atoms. The van der Waals surface area contributed by atoms with Crippen molar-refractivity contribution < 1.29 is 5.11 Å². The van der Waals surface area contributed by atoms with Crippen LogP contribution in [-0.2, 0) is 0 Å². The van der Waals surface area contributed by atoms with Gasteiger partial charge in [-0.3, -0.25) is 0 Å². The van der Waals surface area contributed by atoms with Crippen molar-refractivity contribution in [3.8, 4) is 0 Å². The highest BCUT2D eigenvalue weighted by molar-refractivity contribution is 8.00. The predicted octanol–water partition coefficient (Wildman–Crippen LogP) is 4.02. The lowest BCUT2D eigenvalue weighted by molar-refractivity contribution is 0.171. The SMILES string of the molecule is CC[C@@H](O)c1ccccc1SC(C)(C)C. The second-order valence-electron chi connectivity index (χ2n) is 4.68. The molecule has 1 N–H and O–H groups in total. The minimum Gasteiger partial charge on any atom is -0.388 e. The van der Waals surface area contributed by atoms with E-state index >= 15 is 0 Å². The van der Waals surface area contributed by atoms with Crippen LogP contribution < -0.4 is 0 Å². The summed E-state index contributed by atoms with van der Waals surface area (Å²) in [5.74, 6) is 0. The third-order valence-corrected chi connectivity index (χ3v) is 3.28. The van der Waals surface area contributed by atoms with Gasteiger partial charge >= 0.3 is 0 Å². The summed E-state index contributed by atoms with van der Waals surface area (Å²) in [6, 6.07) is 8.12. The standard InChI is InChI=1S/C13H20OS/c1-5-11(14)10-8-6-7-9-12(10)15-13(2,3)4/h6-9,11,14H,5H2,1-4H3/t11-/m1/s1. The molecule has 0 saturated carbocycles. The van der Waals surface area contributed by atoms with Gasteiger partial charge in [-0.15, -0.1) is 11.8 Å². The molecule has 2 heteroatoms. The Morgan fingerprint density at radius 1 is 1.27 bits per heavy atom. The maximum absolute atomic E-state index is 9.89. The van der Waals surface area contributed by atoms with Crippen LogP contribution in [-0.4, -0.2) is 9.85 Å². The lowest BCUT2D eigenvalue weighted by Crippen LogP contribution is -2.08. The molecule has 0 amide bonds. The molecule has 0 saturated heterocycles. The van der Waals surface area contributed by atoms with E-state index in [1.807, 2.05) is 36.9 Å². The molecule has 1 atom stereocenters. The second kappa shape index (κ2) is 5.04. The minimum atomic E-state index is -0.337. The fourth-order valence-electron chi connectivity index (χ4n) is 1.40. The first-order valence-electron chi connectivity index (χ1n) is 5.40. The van der Waals surface area contributed by atoms with Crippen molar-refractivity contribution in [1.82, 2.24) is 0 Å². The van der Waals surface area contributed by atoms with Crippen LogP contribution in [0.3, 0.4) is 0 Å². The van der Waals surface area contributed by atoms with E-state index in [2.05, 4.69) is 26.8 Å². The Morgan fingerprint density at radius 3 is 2.40 bits per heavy atom. The third kappa shape index (κ3) is 3.88. The molecule has 0 radical (unpaired) electrons. The van der Waals surface area contributed by atoms with Crippen molar-refractivity contribution in [2.75, 3.05) is 0 Å². The normalized spacial score (nSPS) is 13.9. The van der Waals surface area contributed by atoms with Crippen molar-refractivity contribution in [2.45, 2.75) is 49.9 Å². The van der Waals surface area contributed by atoms with Crippen molar-refractivity contribution in [2.24, 2.45) is 0 Å². The molecule has 1 aromatic rings. The Labute approximate surface area is 96.9 Å². The fourth-order valence-corrected chi connectivity index (χ4v) is 2.53. The quantitative estimate of drug-likeness (QED) is 0.782. The molecular formula is C13H20OS. The van der Waals surface area contributed by atoms with Gasteiger partial charge in [-0.05, 0) is 18.1 Å². The van der Waals surface area contributed by atoms with E-state index in [4.69, 9.17) is 0 Å². The topological polar surface area (TPSA) is 20.2 Å². The van der Waals surface area contributed by atoms with Crippen molar-refractivity contribution in [1.29, 1.82) is 0 Å². The van der Waals surface area contributed by atoms with E-state index in [-0.39, 0.29) is 10.9 Å². The van der Waals surface area contributed by atoms with Gasteiger partial charge < -0.3 is 5.11 Å². The number of hydrogen-bond donors (Lipinski definition) is 1. The van der Waals surface area contributed by atoms with E-state index in [9.17, 15) is 5.11 Å². The predicted molar refractivity (Wildman–Crippen MR) is 67.3 cm³/mol. The summed E-state index contributed by atoms with van der Waals surface area (Å²) in [4.78, 5) is 1.19. The first-order chi connectivity index (χ1) is 6.94. The molecule has 0 aromatic heterocycles. The smallest absolute Gasteiger partial charge is 0.0798 e. The zero-order valence-corrected chi connectivity index (χ0v) is 10.8. The molecule has 0 unspecified atom stereocenters. The Kier molecular flexibility index (Phi) is 4.23. The summed E-state index contributed by atoms with van der Waals surface area (Å²) in [5.41, 5.74) is 1.06. The van der Waals surface area contributed by atoms with Crippen LogP contribution in [0.4, 0.5) is 0 Å². The van der Waals surface area contributed by atoms with Gasteiger partial charge in [0.2, 0.25) is 0 Å². The molecule has 0 aliphatic rings. The highest BCUT2D eigenvalue weighted by Gasteiger charge is 2.17. The molecule has 1 aromatic carbocycles. The van der Waals surface area contributed by atoms with Crippen molar-refractivity contribution in [3.63, 3.8) is 0 Å². The summed E-state index contributed by atoms with van der Waals surface area (Å²) >= 11 is 1.81. The molecule has 84 valence electrons. The molecular weight excluding hydrogens is 204 g/mol. The minimum absolute atomic E-state index is 0.184. The van der Waals surface area contributed by atoms with Gasteiger partial charge in [0.25, 0.3) is 0 Å². The van der Waals surface area contributed by atoms with Gasteiger partial charge in [-0.25, -0.2) is 0 Å². The number of hydrogen-bond acceptors (Lipinski definition) is 2. The monoisotopic (exact) mass is 224 g/mol. The van der Waals surface area contributed by atoms with E-state index in [0.29, 0.717) is 0 Å². The van der Waals surface area contributed by atoms with E-state index < -0.39 is 0 Å². The molecule has 0 spiro atoms. The highest BCUT2D eigenvalue weighted by Crippen LogP contribution is 2.36. The maximum atomic E-state index is 9.89. The summed E-state index contributed by atoms with van der Waals surface area (Å²) in [6.45, 7) is 8.57. The van der Waals surface area contributed by atoms with Crippen LogP contribution in [0.15, 0.2) is 29.2 Å². The van der Waals surface area contributed by atoms with Crippen LogP contribution in [0.1, 0.15) is 45.8 Å². The Morgan fingerprint density at radius 2 is 1.87 bits per heavy atom. The average Bonchev–Trinajstić information content (AvgIpc) is 2.15. The van der Waals surface area contributed by atoms with Crippen LogP contribution in [0.25, 0.3) is 0 Å². The van der Waals surface area contributed by atoms with E-state index in [1.165, 1.54) is 4.90 Å².